The van der Waals surface area contributed by atoms with E-state index in [1.54, 1.807) is 9.80 Å². The molecule has 2 aliphatic heterocycles. The van der Waals surface area contributed by atoms with E-state index >= 15 is 0 Å². The Morgan fingerprint density at radius 1 is 0.655 bits per heavy atom. The number of carboxylic acids is 2. The number of ether oxygens (including phenoxy) is 2. The second kappa shape index (κ2) is 29.6. The van der Waals surface area contributed by atoms with E-state index < -0.39 is 60.7 Å². The van der Waals surface area contributed by atoms with Gasteiger partial charge in [-0.2, -0.15) is 0 Å². The van der Waals surface area contributed by atoms with Crippen molar-refractivity contribution in [3.8, 4) is 0 Å². The third-order valence-corrected chi connectivity index (χ3v) is 6.97. The normalized spacial score (nSPS) is 13.9. The van der Waals surface area contributed by atoms with Crippen LogP contribution in [0, 0.1) is 0 Å². The van der Waals surface area contributed by atoms with E-state index in [4.69, 9.17) is 45.7 Å². The van der Waals surface area contributed by atoms with Crippen molar-refractivity contribution in [2.24, 2.45) is 23.3 Å². The van der Waals surface area contributed by atoms with Gasteiger partial charge in [0.05, 0.1) is 58.9 Å². The quantitative estimate of drug-likeness (QED) is 0.0213. The monoisotopic (exact) mass is 844 g/mol. The van der Waals surface area contributed by atoms with Crippen LogP contribution in [-0.2, 0) is 47.8 Å². The number of carbonyl (C=O) groups is 8. The Labute approximate surface area is 331 Å². The molecule has 29 heteroatoms. The van der Waals surface area contributed by atoms with Crippen molar-refractivity contribution in [1.29, 1.82) is 0 Å². The SMILES string of the molecule is C.NCC(=S)CNC(=O)CN(CCN(CC(=O)O)CC(=O)NNC(=S)NN)CC(=O)O.NNC(=S)NN.O=C1CN(CCN2CC(=O)OC(=O)C2)CC(=O)O1. The molecule has 0 aromatic heterocycles. The fraction of sp³-hybridized carbons (Fsp3) is 0.577. The first-order valence-corrected chi connectivity index (χ1v) is 16.4. The topological polar surface area (TPSA) is 385 Å². The number of hydrogen-bond acceptors (Lipinski definition) is 21. The second-order valence-corrected chi connectivity index (χ2v) is 12.0. The highest BCUT2D eigenvalue weighted by Crippen LogP contribution is 2.03. The first kappa shape index (κ1) is 52.4. The Morgan fingerprint density at radius 2 is 1.04 bits per heavy atom. The van der Waals surface area contributed by atoms with Crippen LogP contribution in [0.4, 0.5) is 0 Å². The lowest BCUT2D eigenvalue weighted by Gasteiger charge is -2.28. The minimum atomic E-state index is -1.19. The number of amides is 2. The molecular formula is C26H48N14O12S3. The fourth-order valence-corrected chi connectivity index (χ4v) is 4.02. The zero-order valence-corrected chi connectivity index (χ0v) is 31.1. The Morgan fingerprint density at radius 3 is 1.36 bits per heavy atom. The van der Waals surface area contributed by atoms with Gasteiger partial charge in [-0.15, -0.1) is 0 Å². The van der Waals surface area contributed by atoms with Gasteiger partial charge in [-0.3, -0.25) is 85.1 Å². The molecule has 0 saturated carbocycles. The van der Waals surface area contributed by atoms with Gasteiger partial charge in [0.25, 0.3) is 5.91 Å². The first-order chi connectivity index (χ1) is 25.4. The number of nitrogens with two attached hydrogens (primary N) is 4. The van der Waals surface area contributed by atoms with Crippen molar-refractivity contribution in [2.45, 2.75) is 7.43 Å². The minimum absolute atomic E-state index is 0. The maximum atomic E-state index is 12.0. The summed E-state index contributed by atoms with van der Waals surface area (Å²) in [5.74, 6) is 8.77. The lowest BCUT2D eigenvalue weighted by Crippen LogP contribution is -2.52. The molecule has 0 spiro atoms. The molecule has 0 radical (unpaired) electrons. The standard InChI is InChI=1S/C14H26N8O6S2.C10H12N2O6.CH6N4S.CH4/c15-3-9(29)4-17-10(23)5-21(7-12(25)26)1-2-22(8-13(27)28)6-11(24)19-20-14(30)18-16;13-7-3-11(4-8(14)17-7)1-2-12-5-9(15)18-10(16)6-12;2-4-1(6)5-3;/h1-8,15-16H2,(H,17,23)(H,19,24)(H,25,26)(H,27,28)(H2,18,20,30);1-6H2;2-3H2,(H2,4,5,6);1H4. The van der Waals surface area contributed by atoms with Crippen molar-refractivity contribution < 1.29 is 58.0 Å². The van der Waals surface area contributed by atoms with Crippen LogP contribution in [0.15, 0.2) is 0 Å². The average molecular weight is 845 g/mol. The number of carboxylic acid groups (broad SMARTS) is 2. The number of hydrogen-bond donors (Lipinski definition) is 12. The summed E-state index contributed by atoms with van der Waals surface area (Å²) >= 11 is 14.0. The highest BCUT2D eigenvalue weighted by molar-refractivity contribution is 7.80. The molecule has 0 atom stereocenters. The number of esters is 4. The molecule has 2 rings (SSSR count). The number of aliphatic carboxylic acids is 2. The number of rotatable bonds is 17. The van der Waals surface area contributed by atoms with Crippen molar-refractivity contribution >= 4 is 99.4 Å². The first-order valence-electron chi connectivity index (χ1n) is 15.2. The van der Waals surface area contributed by atoms with Crippen LogP contribution in [0.5, 0.6) is 0 Å². The van der Waals surface area contributed by atoms with Crippen molar-refractivity contribution in [3.05, 3.63) is 0 Å². The second-order valence-electron chi connectivity index (χ2n) is 10.6. The number of nitrogens with zero attached hydrogens (tertiary/aromatic N) is 4. The van der Waals surface area contributed by atoms with Crippen LogP contribution in [-0.4, -0.2) is 184 Å². The highest BCUT2D eigenvalue weighted by Gasteiger charge is 2.28. The maximum absolute atomic E-state index is 12.0. The average Bonchev–Trinajstić information content (AvgIpc) is 3.09. The van der Waals surface area contributed by atoms with Crippen LogP contribution in [0.1, 0.15) is 7.43 Å². The number of carbonyl (C=O) groups excluding carboxylic acids is 6. The largest absolute Gasteiger partial charge is 0.480 e. The third-order valence-electron chi connectivity index (χ3n) is 6.20. The molecule has 26 nitrogen and oxygen atoms in total. The van der Waals surface area contributed by atoms with Gasteiger partial charge in [0, 0.05) is 37.6 Å². The van der Waals surface area contributed by atoms with Crippen LogP contribution < -0.4 is 55.7 Å². The van der Waals surface area contributed by atoms with E-state index in [0.717, 1.165) is 0 Å². The Bertz CT molecular complexity index is 1250. The molecule has 16 N–H and O–H groups in total. The van der Waals surface area contributed by atoms with E-state index in [1.165, 1.54) is 9.80 Å². The van der Waals surface area contributed by atoms with E-state index in [1.807, 2.05) is 0 Å². The van der Waals surface area contributed by atoms with Crippen LogP contribution >= 0.6 is 36.7 Å². The van der Waals surface area contributed by atoms with Gasteiger partial charge < -0.3 is 30.7 Å². The fourth-order valence-electron chi connectivity index (χ4n) is 3.89. The zero-order chi connectivity index (χ0) is 41.2. The Hall–Kier alpha value is -4.69. The van der Waals surface area contributed by atoms with Crippen molar-refractivity contribution in [2.75, 3.05) is 91.6 Å². The lowest BCUT2D eigenvalue weighted by atomic mass is 10.3. The third kappa shape index (κ3) is 27.5. The van der Waals surface area contributed by atoms with Gasteiger partial charge in [-0.1, -0.05) is 19.6 Å². The van der Waals surface area contributed by atoms with Crippen LogP contribution in [0.3, 0.4) is 0 Å². The summed E-state index contributed by atoms with van der Waals surface area (Å²) < 4.78 is 8.76. The van der Waals surface area contributed by atoms with Gasteiger partial charge in [0.2, 0.25) is 5.91 Å². The molecule has 0 aliphatic carbocycles. The van der Waals surface area contributed by atoms with E-state index in [9.17, 15) is 38.4 Å². The molecule has 55 heavy (non-hydrogen) atoms. The highest BCUT2D eigenvalue weighted by atomic mass is 32.1. The Kier molecular flexibility index (Phi) is 28.2. The number of thiocarbonyl (C=S) groups is 3. The molecule has 2 amide bonds. The summed E-state index contributed by atoms with van der Waals surface area (Å²) in [5.41, 5.74) is 16.2. The maximum Gasteiger partial charge on any atom is 0.327 e. The predicted molar refractivity (Wildman–Crippen MR) is 203 cm³/mol. The molecule has 2 heterocycles. The molecule has 2 fully saturated rings. The minimum Gasteiger partial charge on any atom is -0.480 e. The molecule has 2 saturated heterocycles. The van der Waals surface area contributed by atoms with Gasteiger partial charge in [-0.05, 0) is 24.4 Å². The molecule has 0 unspecified atom stereocenters. The summed E-state index contributed by atoms with van der Waals surface area (Å²) in [6.45, 7) is -0.335. The molecule has 0 bridgehead atoms. The van der Waals surface area contributed by atoms with Gasteiger partial charge in [0.15, 0.2) is 10.2 Å². The molecule has 0 aromatic rings. The summed E-state index contributed by atoms with van der Waals surface area (Å²) in [6.07, 6.45) is 0. The molecule has 0 aromatic carbocycles. The summed E-state index contributed by atoms with van der Waals surface area (Å²) in [5, 5.41) is 20.8. The van der Waals surface area contributed by atoms with Crippen molar-refractivity contribution in [1.82, 2.24) is 52.0 Å². The number of hydrazine groups is 4. The molecular weight excluding hydrogens is 797 g/mol. The lowest BCUT2D eigenvalue weighted by molar-refractivity contribution is -0.170. The smallest absolute Gasteiger partial charge is 0.327 e. The molecule has 2 aliphatic rings. The molecule has 312 valence electrons. The van der Waals surface area contributed by atoms with E-state index in [2.05, 4.69) is 66.4 Å². The van der Waals surface area contributed by atoms with Crippen LogP contribution in [0.25, 0.3) is 0 Å². The van der Waals surface area contributed by atoms with Gasteiger partial charge in [-0.25, -0.2) is 17.5 Å². The van der Waals surface area contributed by atoms with E-state index in [0.29, 0.717) is 18.0 Å². The summed E-state index contributed by atoms with van der Waals surface area (Å²) in [7, 11) is 0. The van der Waals surface area contributed by atoms with Crippen LogP contribution in [0.2, 0.25) is 0 Å². The van der Waals surface area contributed by atoms with E-state index in [-0.39, 0.29) is 83.1 Å². The summed E-state index contributed by atoms with van der Waals surface area (Å²) in [6, 6.07) is 0. The predicted octanol–water partition coefficient (Wildman–Crippen LogP) is -7.84. The zero-order valence-electron chi connectivity index (χ0n) is 28.7. The van der Waals surface area contributed by atoms with Crippen molar-refractivity contribution in [3.63, 3.8) is 0 Å². The summed E-state index contributed by atoms with van der Waals surface area (Å²) in [4.78, 5) is 96.3. The number of morpholine rings is 2. The van der Waals surface area contributed by atoms with Gasteiger partial charge in [0.1, 0.15) is 0 Å². The number of nitrogens with one attached hydrogen (secondary N) is 6. The Balaban J connectivity index is 0. The van der Waals surface area contributed by atoms with Gasteiger partial charge >= 0.3 is 35.8 Å². The number of cyclic esters (lactones) is 4.